The van der Waals surface area contributed by atoms with E-state index in [9.17, 15) is 13.2 Å². The zero-order chi connectivity index (χ0) is 22.3. The zero-order valence-electron chi connectivity index (χ0n) is 17.0. The summed E-state index contributed by atoms with van der Waals surface area (Å²) in [5.74, 6) is -1.43. The zero-order valence-corrected chi connectivity index (χ0v) is 17.8. The Kier molecular flexibility index (Phi) is 5.07. The van der Waals surface area contributed by atoms with Gasteiger partial charge in [0.2, 0.25) is 0 Å². The van der Waals surface area contributed by atoms with Gasteiger partial charge in [0, 0.05) is 18.5 Å². The molecule has 1 fully saturated rings. The van der Waals surface area contributed by atoms with Gasteiger partial charge in [-0.2, -0.15) is 8.42 Å². The summed E-state index contributed by atoms with van der Waals surface area (Å²) in [6.07, 6.45) is 2.03. The molecule has 0 bridgehead atoms. The summed E-state index contributed by atoms with van der Waals surface area (Å²) in [5.41, 5.74) is 2.46. The smallest absolute Gasteiger partial charge is 0.326 e. The van der Waals surface area contributed by atoms with Crippen molar-refractivity contribution in [3.63, 3.8) is 0 Å². The van der Waals surface area contributed by atoms with Gasteiger partial charge in [0.1, 0.15) is 24.6 Å². The number of carbonyl (C=O) groups is 1. The van der Waals surface area contributed by atoms with Crippen molar-refractivity contribution in [3.8, 4) is 5.75 Å². The van der Waals surface area contributed by atoms with Gasteiger partial charge >= 0.3 is 10.2 Å². The monoisotopic (exact) mass is 453 g/mol. The predicted octanol–water partition coefficient (Wildman–Crippen LogP) is 2.73. The van der Waals surface area contributed by atoms with E-state index < -0.39 is 28.5 Å². The Morgan fingerprint density at radius 1 is 1.09 bits per heavy atom. The van der Waals surface area contributed by atoms with Crippen molar-refractivity contribution >= 4 is 38.1 Å². The van der Waals surface area contributed by atoms with Gasteiger partial charge in [-0.25, -0.2) is 13.4 Å². The largest absolute Gasteiger partial charge is 0.487 e. The second-order valence-electron chi connectivity index (χ2n) is 7.64. The summed E-state index contributed by atoms with van der Waals surface area (Å²) in [4.78, 5) is 11.8. The summed E-state index contributed by atoms with van der Waals surface area (Å²) < 4.78 is 49.4. The maximum absolute atomic E-state index is 15.9. The fraction of sp³-hybridized carbons (Fsp3) is 0.174. The molecule has 2 aliphatic heterocycles. The number of amides is 1. The molecule has 0 radical (unpaired) electrons. The van der Waals surface area contributed by atoms with E-state index in [0.29, 0.717) is 11.9 Å². The van der Waals surface area contributed by atoms with Crippen molar-refractivity contribution in [2.45, 2.75) is 6.61 Å². The van der Waals surface area contributed by atoms with Gasteiger partial charge < -0.3 is 10.1 Å². The molecular formula is C23H20FN3O4S. The number of hydrogen-bond acceptors (Lipinski definition) is 5. The van der Waals surface area contributed by atoms with Crippen LogP contribution in [0.15, 0.2) is 60.7 Å². The minimum atomic E-state index is -4.22. The van der Waals surface area contributed by atoms with E-state index in [1.165, 1.54) is 0 Å². The van der Waals surface area contributed by atoms with E-state index in [1.54, 1.807) is 18.2 Å². The third-order valence-electron chi connectivity index (χ3n) is 5.50. The highest BCUT2D eigenvalue weighted by atomic mass is 32.2. The van der Waals surface area contributed by atoms with Crippen molar-refractivity contribution in [3.05, 3.63) is 77.6 Å². The normalized spacial score (nSPS) is 17.5. The van der Waals surface area contributed by atoms with Crippen molar-refractivity contribution in [1.82, 2.24) is 10.0 Å². The van der Waals surface area contributed by atoms with Crippen LogP contribution in [-0.2, 0) is 21.6 Å². The molecule has 0 unspecified atom stereocenters. The molecule has 0 atom stereocenters. The average Bonchev–Trinajstić information content (AvgIpc) is 3.40. The lowest BCUT2D eigenvalue weighted by molar-refractivity contribution is -0.117. The first-order valence-corrected chi connectivity index (χ1v) is 11.5. The first kappa shape index (κ1) is 20.5. The van der Waals surface area contributed by atoms with Crippen LogP contribution < -0.4 is 19.1 Å². The van der Waals surface area contributed by atoms with Crippen molar-refractivity contribution < 1.29 is 22.3 Å². The first-order valence-electron chi connectivity index (χ1n) is 10.1. The van der Waals surface area contributed by atoms with Crippen LogP contribution in [0.2, 0.25) is 0 Å². The van der Waals surface area contributed by atoms with Gasteiger partial charge in [-0.1, -0.05) is 48.5 Å². The highest BCUT2D eigenvalue weighted by Gasteiger charge is 2.38. The minimum absolute atomic E-state index is 0.0495. The molecule has 1 saturated heterocycles. The van der Waals surface area contributed by atoms with E-state index in [2.05, 4.69) is 5.32 Å². The maximum atomic E-state index is 15.9. The molecule has 5 rings (SSSR count). The number of fused-ring (bicyclic) bond motifs is 1. The Morgan fingerprint density at radius 2 is 1.91 bits per heavy atom. The summed E-state index contributed by atoms with van der Waals surface area (Å²) in [5, 5.41) is 4.03. The SMILES string of the molecule is O=C1CN(c2c(OCc3ccccc3)cc3ccc(C4=CCNC4)cc3c2F)S(=O)(=O)N1. The molecule has 1 amide bonds. The van der Waals surface area contributed by atoms with Crippen molar-refractivity contribution in [2.75, 3.05) is 23.9 Å². The lowest BCUT2D eigenvalue weighted by Gasteiger charge is -2.21. The highest BCUT2D eigenvalue weighted by molar-refractivity contribution is 7.92. The molecule has 9 heteroatoms. The molecule has 32 heavy (non-hydrogen) atoms. The second-order valence-corrected chi connectivity index (χ2v) is 9.24. The number of nitrogens with one attached hydrogen (secondary N) is 2. The molecule has 0 aromatic heterocycles. The standard InChI is InChI=1S/C23H20FN3O4S/c24-22-19-10-16(18-8-9-25-12-18)6-7-17(19)11-20(31-14-15-4-2-1-3-5-15)23(22)27-13-21(28)26-32(27,29)30/h1-8,10-11,25H,9,12-14H2,(H,26,28). The number of carbonyl (C=O) groups excluding carboxylic acids is 1. The molecule has 2 N–H and O–H groups in total. The lowest BCUT2D eigenvalue weighted by Crippen LogP contribution is -2.30. The lowest BCUT2D eigenvalue weighted by atomic mass is 10.0. The predicted molar refractivity (Wildman–Crippen MR) is 120 cm³/mol. The van der Waals surface area contributed by atoms with Crippen LogP contribution in [0.4, 0.5) is 10.1 Å². The molecule has 164 valence electrons. The van der Waals surface area contributed by atoms with Crippen LogP contribution in [0.5, 0.6) is 5.75 Å². The van der Waals surface area contributed by atoms with Crippen LogP contribution in [0.3, 0.4) is 0 Å². The van der Waals surface area contributed by atoms with E-state index in [1.807, 2.05) is 47.2 Å². The quantitative estimate of drug-likeness (QED) is 0.620. The van der Waals surface area contributed by atoms with Crippen LogP contribution in [-0.4, -0.2) is 34.0 Å². The number of halogens is 1. The van der Waals surface area contributed by atoms with Gasteiger partial charge in [0.15, 0.2) is 5.82 Å². The van der Waals surface area contributed by atoms with Gasteiger partial charge in [0.25, 0.3) is 5.91 Å². The van der Waals surface area contributed by atoms with Crippen molar-refractivity contribution in [2.24, 2.45) is 0 Å². The number of benzene rings is 3. The van der Waals surface area contributed by atoms with Crippen LogP contribution in [0.25, 0.3) is 16.3 Å². The summed E-state index contributed by atoms with van der Waals surface area (Å²) in [6, 6.07) is 16.3. The third kappa shape index (κ3) is 3.69. The summed E-state index contributed by atoms with van der Waals surface area (Å²) >= 11 is 0. The molecule has 3 aromatic rings. The fourth-order valence-electron chi connectivity index (χ4n) is 3.94. The van der Waals surface area contributed by atoms with Gasteiger partial charge in [-0.15, -0.1) is 0 Å². The molecule has 7 nitrogen and oxygen atoms in total. The Hall–Kier alpha value is -3.43. The Balaban J connectivity index is 1.65. The molecule has 3 aromatic carbocycles. The number of rotatable bonds is 5. The Morgan fingerprint density at radius 3 is 2.59 bits per heavy atom. The number of anilines is 1. The molecule has 2 aliphatic rings. The summed E-state index contributed by atoms with van der Waals surface area (Å²) in [7, 11) is -4.22. The highest BCUT2D eigenvalue weighted by Crippen LogP contribution is 2.40. The van der Waals surface area contributed by atoms with E-state index >= 15 is 4.39 Å². The topological polar surface area (TPSA) is 87.7 Å². The third-order valence-corrected chi connectivity index (χ3v) is 6.88. The van der Waals surface area contributed by atoms with Crippen LogP contribution >= 0.6 is 0 Å². The molecule has 0 aliphatic carbocycles. The van der Waals surface area contributed by atoms with E-state index in [0.717, 1.165) is 27.5 Å². The average molecular weight is 453 g/mol. The molecule has 2 heterocycles. The van der Waals surface area contributed by atoms with Gasteiger partial charge in [0.05, 0.1) is 0 Å². The summed E-state index contributed by atoms with van der Waals surface area (Å²) in [6.45, 7) is 1.02. The van der Waals surface area contributed by atoms with Crippen molar-refractivity contribution in [1.29, 1.82) is 0 Å². The first-order chi connectivity index (χ1) is 15.4. The fourth-order valence-corrected chi connectivity index (χ4v) is 5.10. The van der Waals surface area contributed by atoms with Gasteiger partial charge in [-0.3, -0.25) is 4.79 Å². The number of nitrogens with zero attached hydrogens (tertiary/aromatic N) is 1. The number of hydrogen-bond donors (Lipinski definition) is 2. The minimum Gasteiger partial charge on any atom is -0.487 e. The molecule has 0 saturated carbocycles. The number of ether oxygens (including phenoxy) is 1. The van der Waals surface area contributed by atoms with E-state index in [4.69, 9.17) is 4.74 Å². The molecular weight excluding hydrogens is 433 g/mol. The second kappa shape index (κ2) is 7.92. The maximum Gasteiger partial charge on any atom is 0.326 e. The Bertz CT molecular complexity index is 1360. The van der Waals surface area contributed by atoms with Crippen LogP contribution in [0, 0.1) is 5.82 Å². The van der Waals surface area contributed by atoms with E-state index in [-0.39, 0.29) is 23.4 Å². The molecule has 0 spiro atoms. The van der Waals surface area contributed by atoms with Gasteiger partial charge in [-0.05, 0) is 34.2 Å². The van der Waals surface area contributed by atoms with Crippen LogP contribution in [0.1, 0.15) is 11.1 Å². The Labute approximate surface area is 184 Å².